The molecule has 4 rings (SSSR count). The topological polar surface area (TPSA) is 66.7 Å². The Hall–Kier alpha value is -2.55. The van der Waals surface area contributed by atoms with Crippen LogP contribution in [0.15, 0.2) is 28.2 Å². The SMILES string of the molecule is O=C(CC1=NCCC(N2CCOCC2)=N1)N1CCc2c(OC(F)F)cccc21. The first kappa shape index (κ1) is 18.8. The highest BCUT2D eigenvalue weighted by Crippen LogP contribution is 2.36. The van der Waals surface area contributed by atoms with Crippen LogP contribution < -0.4 is 9.64 Å². The van der Waals surface area contributed by atoms with Crippen LogP contribution in [-0.4, -0.2) is 68.5 Å². The average molecular weight is 392 g/mol. The van der Waals surface area contributed by atoms with Crippen molar-refractivity contribution in [3.63, 3.8) is 0 Å². The van der Waals surface area contributed by atoms with Gasteiger partial charge in [0.15, 0.2) is 0 Å². The number of alkyl halides is 2. The Morgan fingerprint density at radius 2 is 2.04 bits per heavy atom. The lowest BCUT2D eigenvalue weighted by atomic mass is 10.1. The number of nitrogens with zero attached hydrogens (tertiary/aromatic N) is 4. The van der Waals surface area contributed by atoms with Gasteiger partial charge in [-0.25, -0.2) is 4.99 Å². The molecule has 0 spiro atoms. The number of amides is 1. The Kier molecular flexibility index (Phi) is 5.52. The lowest BCUT2D eigenvalue weighted by Crippen LogP contribution is -2.42. The maximum absolute atomic E-state index is 12.8. The van der Waals surface area contributed by atoms with E-state index in [9.17, 15) is 13.6 Å². The fourth-order valence-corrected chi connectivity index (χ4v) is 3.77. The molecule has 3 aliphatic heterocycles. The molecule has 7 nitrogen and oxygen atoms in total. The van der Waals surface area contributed by atoms with Crippen molar-refractivity contribution < 1.29 is 23.0 Å². The largest absolute Gasteiger partial charge is 0.434 e. The summed E-state index contributed by atoms with van der Waals surface area (Å²) in [6, 6.07) is 4.88. The van der Waals surface area contributed by atoms with Crippen LogP contribution in [0.25, 0.3) is 0 Å². The maximum atomic E-state index is 12.8. The van der Waals surface area contributed by atoms with Crippen molar-refractivity contribution in [3.8, 4) is 5.75 Å². The number of carbonyl (C=O) groups is 1. The summed E-state index contributed by atoms with van der Waals surface area (Å²) in [5.74, 6) is 1.46. The second kappa shape index (κ2) is 8.22. The Labute approximate surface area is 161 Å². The van der Waals surface area contributed by atoms with E-state index in [0.29, 0.717) is 49.8 Å². The van der Waals surface area contributed by atoms with E-state index in [1.807, 2.05) is 0 Å². The standard InChI is InChI=1S/C19H22F2N4O3/c20-19(21)28-15-3-1-2-14-13(15)5-7-25(14)18(26)12-16-22-6-4-17(23-16)24-8-10-27-11-9-24/h1-3,19H,4-12H2. The van der Waals surface area contributed by atoms with E-state index in [-0.39, 0.29) is 18.1 Å². The number of carbonyl (C=O) groups excluding carboxylic acids is 1. The molecule has 0 N–H and O–H groups in total. The highest BCUT2D eigenvalue weighted by atomic mass is 19.3. The fraction of sp³-hybridized carbons (Fsp3) is 0.526. The van der Waals surface area contributed by atoms with Crippen LogP contribution in [0, 0.1) is 0 Å². The summed E-state index contributed by atoms with van der Waals surface area (Å²) in [6.07, 6.45) is 1.34. The number of aliphatic imine (C=N–C) groups is 2. The molecule has 0 atom stereocenters. The first-order chi connectivity index (χ1) is 13.6. The number of anilines is 1. The van der Waals surface area contributed by atoms with Crippen molar-refractivity contribution in [2.45, 2.75) is 25.9 Å². The Morgan fingerprint density at radius 3 is 2.82 bits per heavy atom. The Balaban J connectivity index is 1.45. The maximum Gasteiger partial charge on any atom is 0.387 e. The predicted octanol–water partition coefficient (Wildman–Crippen LogP) is 2.10. The molecule has 1 aromatic carbocycles. The molecule has 3 heterocycles. The van der Waals surface area contributed by atoms with Crippen molar-refractivity contribution >= 4 is 23.3 Å². The van der Waals surface area contributed by atoms with Gasteiger partial charge in [0.25, 0.3) is 0 Å². The Bertz CT molecular complexity index is 806. The zero-order valence-electron chi connectivity index (χ0n) is 15.4. The van der Waals surface area contributed by atoms with Gasteiger partial charge in [0.05, 0.1) is 25.3 Å². The number of amidine groups is 2. The van der Waals surface area contributed by atoms with Gasteiger partial charge >= 0.3 is 6.61 Å². The number of ether oxygens (including phenoxy) is 2. The van der Waals surface area contributed by atoms with Crippen molar-refractivity contribution in [3.05, 3.63) is 23.8 Å². The lowest BCUT2D eigenvalue weighted by Gasteiger charge is -2.31. The average Bonchev–Trinajstić information content (AvgIpc) is 3.14. The van der Waals surface area contributed by atoms with E-state index in [2.05, 4.69) is 19.6 Å². The molecule has 1 amide bonds. The van der Waals surface area contributed by atoms with Gasteiger partial charge in [0, 0.05) is 38.2 Å². The third kappa shape index (κ3) is 3.99. The van der Waals surface area contributed by atoms with Crippen molar-refractivity contribution in [1.29, 1.82) is 0 Å². The highest BCUT2D eigenvalue weighted by Gasteiger charge is 2.29. The number of rotatable bonds is 4. The molecular formula is C19H22F2N4O3. The minimum atomic E-state index is -2.89. The lowest BCUT2D eigenvalue weighted by molar-refractivity contribution is -0.117. The number of hydrogen-bond donors (Lipinski definition) is 0. The summed E-state index contributed by atoms with van der Waals surface area (Å²) in [7, 11) is 0. The normalized spacial score (nSPS) is 19.4. The molecule has 9 heteroatoms. The van der Waals surface area contributed by atoms with Crippen LogP contribution in [0.5, 0.6) is 5.75 Å². The number of fused-ring (bicyclic) bond motifs is 1. The number of morpholine rings is 1. The summed E-state index contributed by atoms with van der Waals surface area (Å²) < 4.78 is 35.2. The second-order valence-electron chi connectivity index (χ2n) is 6.78. The van der Waals surface area contributed by atoms with Gasteiger partial charge in [-0.3, -0.25) is 9.79 Å². The van der Waals surface area contributed by atoms with Crippen molar-refractivity contribution in [1.82, 2.24) is 4.90 Å². The van der Waals surface area contributed by atoms with Gasteiger partial charge in [0.2, 0.25) is 5.91 Å². The molecule has 0 aliphatic carbocycles. The van der Waals surface area contributed by atoms with E-state index in [4.69, 9.17) is 4.74 Å². The van der Waals surface area contributed by atoms with Crippen molar-refractivity contribution in [2.24, 2.45) is 9.98 Å². The number of benzene rings is 1. The first-order valence-electron chi connectivity index (χ1n) is 9.42. The summed E-state index contributed by atoms with van der Waals surface area (Å²) in [4.78, 5) is 25.6. The summed E-state index contributed by atoms with van der Waals surface area (Å²) in [5.41, 5.74) is 1.26. The van der Waals surface area contributed by atoms with E-state index in [1.54, 1.807) is 17.0 Å². The third-order valence-electron chi connectivity index (χ3n) is 5.07. The molecule has 0 aromatic heterocycles. The minimum absolute atomic E-state index is 0.0905. The number of hydrogen-bond acceptors (Lipinski definition) is 6. The molecule has 28 heavy (non-hydrogen) atoms. The zero-order chi connectivity index (χ0) is 19.5. The smallest absolute Gasteiger partial charge is 0.387 e. The van der Waals surface area contributed by atoms with Crippen molar-refractivity contribution in [2.75, 3.05) is 44.3 Å². The molecule has 1 fully saturated rings. The van der Waals surface area contributed by atoms with Crippen LogP contribution in [0.2, 0.25) is 0 Å². The van der Waals surface area contributed by atoms with Crippen LogP contribution in [0.1, 0.15) is 18.4 Å². The molecule has 0 radical (unpaired) electrons. The Morgan fingerprint density at radius 1 is 1.21 bits per heavy atom. The van der Waals surface area contributed by atoms with Gasteiger partial charge in [-0.1, -0.05) is 6.07 Å². The molecule has 1 aromatic rings. The van der Waals surface area contributed by atoms with E-state index >= 15 is 0 Å². The predicted molar refractivity (Wildman–Crippen MR) is 100 cm³/mol. The van der Waals surface area contributed by atoms with E-state index < -0.39 is 6.61 Å². The highest BCUT2D eigenvalue weighted by molar-refractivity contribution is 6.11. The summed E-state index contributed by atoms with van der Waals surface area (Å²) in [6.45, 7) is 1.11. The quantitative estimate of drug-likeness (QED) is 0.787. The molecule has 0 bridgehead atoms. The van der Waals surface area contributed by atoms with Crippen LogP contribution >= 0.6 is 0 Å². The molecular weight excluding hydrogens is 370 g/mol. The molecule has 3 aliphatic rings. The van der Waals surface area contributed by atoms with Crippen LogP contribution in [-0.2, 0) is 16.0 Å². The van der Waals surface area contributed by atoms with E-state index in [1.165, 1.54) is 6.07 Å². The van der Waals surface area contributed by atoms with Gasteiger partial charge in [-0.05, 0) is 18.6 Å². The van der Waals surface area contributed by atoms with E-state index in [0.717, 1.165) is 25.3 Å². The molecule has 0 saturated carbocycles. The summed E-state index contributed by atoms with van der Waals surface area (Å²) in [5, 5.41) is 0. The monoisotopic (exact) mass is 392 g/mol. The van der Waals surface area contributed by atoms with Crippen LogP contribution in [0.4, 0.5) is 14.5 Å². The summed E-state index contributed by atoms with van der Waals surface area (Å²) >= 11 is 0. The minimum Gasteiger partial charge on any atom is -0.434 e. The second-order valence-corrected chi connectivity index (χ2v) is 6.78. The van der Waals surface area contributed by atoms with Crippen LogP contribution in [0.3, 0.4) is 0 Å². The first-order valence-corrected chi connectivity index (χ1v) is 9.42. The number of halogens is 2. The molecule has 1 saturated heterocycles. The van der Waals surface area contributed by atoms with Gasteiger partial charge in [-0.2, -0.15) is 8.78 Å². The van der Waals surface area contributed by atoms with Gasteiger partial charge < -0.3 is 19.3 Å². The fourth-order valence-electron chi connectivity index (χ4n) is 3.77. The molecule has 0 unspecified atom stereocenters. The third-order valence-corrected chi connectivity index (χ3v) is 5.07. The molecule has 150 valence electrons. The zero-order valence-corrected chi connectivity index (χ0v) is 15.4. The van der Waals surface area contributed by atoms with Gasteiger partial charge in [-0.15, -0.1) is 0 Å². The van der Waals surface area contributed by atoms with Gasteiger partial charge in [0.1, 0.15) is 17.4 Å².